The zero-order chi connectivity index (χ0) is 11.1. The largest absolute Gasteiger partial charge is 0.393 e. The molecule has 1 aliphatic carbocycles. The van der Waals surface area contributed by atoms with Gasteiger partial charge >= 0.3 is 0 Å². The molecule has 1 aromatic carbocycles. The summed E-state index contributed by atoms with van der Waals surface area (Å²) in [5, 5.41) is 18.3. The Morgan fingerprint density at radius 1 is 1.53 bits per heavy atom. The highest BCUT2D eigenvalue weighted by Crippen LogP contribution is 2.44. The molecule has 2 nitrogen and oxygen atoms in total. The number of halogens is 2. The molecule has 1 aliphatic rings. The first-order valence-corrected chi connectivity index (χ1v) is 5.00. The average Bonchev–Trinajstić information content (AvgIpc) is 2.17. The second-order valence-corrected chi connectivity index (χ2v) is 4.29. The van der Waals surface area contributed by atoms with E-state index >= 15 is 0 Å². The number of hydrogen-bond donors (Lipinski definition) is 1. The van der Waals surface area contributed by atoms with Gasteiger partial charge in [-0.15, -0.1) is 0 Å². The van der Waals surface area contributed by atoms with Crippen molar-refractivity contribution in [2.24, 2.45) is 0 Å². The van der Waals surface area contributed by atoms with Crippen LogP contribution in [0.2, 0.25) is 5.02 Å². The molecule has 0 aliphatic heterocycles. The highest BCUT2D eigenvalue weighted by molar-refractivity contribution is 6.30. The predicted octanol–water partition coefficient (Wildman–Crippen LogP) is 2.40. The Morgan fingerprint density at radius 3 is 2.67 bits per heavy atom. The van der Waals surface area contributed by atoms with Gasteiger partial charge in [-0.1, -0.05) is 17.7 Å². The number of aliphatic hydroxyl groups excluding tert-OH is 1. The third kappa shape index (κ3) is 1.60. The Balaban J connectivity index is 2.38. The molecule has 1 fully saturated rings. The van der Waals surface area contributed by atoms with Crippen molar-refractivity contribution in [2.75, 3.05) is 0 Å². The van der Waals surface area contributed by atoms with E-state index in [1.54, 1.807) is 6.07 Å². The van der Waals surface area contributed by atoms with Gasteiger partial charge in [-0.25, -0.2) is 4.39 Å². The summed E-state index contributed by atoms with van der Waals surface area (Å²) in [6, 6.07) is 6.43. The smallest absolute Gasteiger partial charge is 0.141 e. The summed E-state index contributed by atoms with van der Waals surface area (Å²) in [7, 11) is 0. The maximum atomic E-state index is 12.9. The minimum absolute atomic E-state index is 0.0171. The van der Waals surface area contributed by atoms with E-state index in [4.69, 9.17) is 16.9 Å². The number of aliphatic hydroxyl groups is 1. The Morgan fingerprint density at radius 2 is 2.20 bits per heavy atom. The van der Waals surface area contributed by atoms with Crippen LogP contribution in [0.1, 0.15) is 18.4 Å². The Labute approximate surface area is 91.9 Å². The molecule has 2 rings (SSSR count). The lowest BCUT2D eigenvalue weighted by Gasteiger charge is -2.40. The molecule has 1 N–H and O–H groups in total. The molecule has 4 heteroatoms. The summed E-state index contributed by atoms with van der Waals surface area (Å²) in [6.07, 6.45) is 0.352. The summed E-state index contributed by atoms with van der Waals surface area (Å²) < 4.78 is 12.9. The summed E-state index contributed by atoms with van der Waals surface area (Å²) in [5.41, 5.74) is -0.00164. The molecule has 15 heavy (non-hydrogen) atoms. The van der Waals surface area contributed by atoms with E-state index in [1.165, 1.54) is 12.1 Å². The van der Waals surface area contributed by atoms with Crippen molar-refractivity contribution in [2.45, 2.75) is 24.4 Å². The molecule has 0 spiro atoms. The topological polar surface area (TPSA) is 44.0 Å². The van der Waals surface area contributed by atoms with E-state index in [2.05, 4.69) is 6.07 Å². The summed E-state index contributed by atoms with van der Waals surface area (Å²) in [5.74, 6) is -0.492. The lowest BCUT2D eigenvalue weighted by atomic mass is 9.64. The van der Waals surface area contributed by atoms with Crippen LogP contribution in [0.3, 0.4) is 0 Å². The second kappa shape index (κ2) is 3.48. The van der Waals surface area contributed by atoms with Crippen LogP contribution in [0.25, 0.3) is 0 Å². The van der Waals surface area contributed by atoms with Gasteiger partial charge in [0.15, 0.2) is 0 Å². The first-order chi connectivity index (χ1) is 7.07. The van der Waals surface area contributed by atoms with Gasteiger partial charge in [0.2, 0.25) is 0 Å². The van der Waals surface area contributed by atoms with Gasteiger partial charge in [-0.3, -0.25) is 0 Å². The van der Waals surface area contributed by atoms with Crippen LogP contribution in [0.4, 0.5) is 4.39 Å². The molecule has 0 saturated heterocycles. The normalized spacial score (nSPS) is 29.3. The van der Waals surface area contributed by atoms with Crippen molar-refractivity contribution in [3.63, 3.8) is 0 Å². The maximum Gasteiger partial charge on any atom is 0.141 e. The van der Waals surface area contributed by atoms with Crippen molar-refractivity contribution < 1.29 is 9.50 Å². The zero-order valence-electron chi connectivity index (χ0n) is 7.87. The third-order valence-electron chi connectivity index (χ3n) is 2.85. The van der Waals surface area contributed by atoms with Crippen LogP contribution in [0.15, 0.2) is 18.2 Å². The van der Waals surface area contributed by atoms with Crippen LogP contribution in [-0.4, -0.2) is 11.2 Å². The van der Waals surface area contributed by atoms with Gasteiger partial charge < -0.3 is 5.11 Å². The van der Waals surface area contributed by atoms with E-state index in [1.807, 2.05) is 0 Å². The SMILES string of the molecule is N#CC1(c2ccc(F)c(Cl)c2)CC(O)C1. The van der Waals surface area contributed by atoms with Crippen LogP contribution in [-0.2, 0) is 5.41 Å². The molecule has 0 heterocycles. The Kier molecular flexibility index (Phi) is 2.41. The quantitative estimate of drug-likeness (QED) is 0.798. The van der Waals surface area contributed by atoms with Crippen LogP contribution < -0.4 is 0 Å². The molecule has 1 aromatic rings. The van der Waals surface area contributed by atoms with Gasteiger partial charge in [0.05, 0.1) is 22.6 Å². The number of benzene rings is 1. The lowest BCUT2D eigenvalue weighted by Crippen LogP contribution is -2.43. The van der Waals surface area contributed by atoms with Crippen molar-refractivity contribution in [1.29, 1.82) is 5.26 Å². The van der Waals surface area contributed by atoms with Crippen LogP contribution in [0.5, 0.6) is 0 Å². The molecule has 0 unspecified atom stereocenters. The first-order valence-electron chi connectivity index (χ1n) is 4.62. The monoisotopic (exact) mass is 225 g/mol. The number of nitriles is 1. The first kappa shape index (κ1) is 10.4. The van der Waals surface area contributed by atoms with Crippen molar-refractivity contribution in [3.8, 4) is 6.07 Å². The second-order valence-electron chi connectivity index (χ2n) is 3.88. The standard InChI is InChI=1S/C11H9ClFNO/c12-9-3-7(1-2-10(9)13)11(6-14)4-8(15)5-11/h1-3,8,15H,4-5H2. The van der Waals surface area contributed by atoms with E-state index < -0.39 is 17.3 Å². The van der Waals surface area contributed by atoms with Gasteiger partial charge in [0.1, 0.15) is 5.82 Å². The highest BCUT2D eigenvalue weighted by atomic mass is 35.5. The zero-order valence-corrected chi connectivity index (χ0v) is 8.63. The third-order valence-corrected chi connectivity index (χ3v) is 3.14. The molecular weight excluding hydrogens is 217 g/mol. The molecule has 0 atom stereocenters. The van der Waals surface area contributed by atoms with Gasteiger partial charge in [-0.05, 0) is 30.5 Å². The summed E-state index contributed by atoms with van der Waals surface area (Å²) >= 11 is 5.65. The van der Waals surface area contributed by atoms with Crippen molar-refractivity contribution >= 4 is 11.6 Å². The van der Waals surface area contributed by atoms with Gasteiger partial charge in [0.25, 0.3) is 0 Å². The van der Waals surface area contributed by atoms with Gasteiger partial charge in [0, 0.05) is 0 Å². The Hall–Kier alpha value is -1.11. The van der Waals surface area contributed by atoms with Gasteiger partial charge in [-0.2, -0.15) is 5.26 Å². The minimum atomic E-state index is -0.684. The molecule has 78 valence electrons. The number of hydrogen-bond acceptors (Lipinski definition) is 2. The van der Waals surface area contributed by atoms with Crippen molar-refractivity contribution in [3.05, 3.63) is 34.6 Å². The fraction of sp³-hybridized carbons (Fsp3) is 0.364. The van der Waals surface area contributed by atoms with E-state index in [9.17, 15) is 9.50 Å². The minimum Gasteiger partial charge on any atom is -0.393 e. The van der Waals surface area contributed by atoms with E-state index in [-0.39, 0.29) is 5.02 Å². The summed E-state index contributed by atoms with van der Waals surface area (Å²) in [6.45, 7) is 0. The van der Waals surface area contributed by atoms with Crippen LogP contribution in [0, 0.1) is 17.1 Å². The van der Waals surface area contributed by atoms with E-state index in [0.29, 0.717) is 18.4 Å². The lowest BCUT2D eigenvalue weighted by molar-refractivity contribution is 0.0447. The number of rotatable bonds is 1. The summed E-state index contributed by atoms with van der Waals surface area (Å²) in [4.78, 5) is 0. The van der Waals surface area contributed by atoms with E-state index in [0.717, 1.165) is 0 Å². The van der Waals surface area contributed by atoms with Crippen LogP contribution >= 0.6 is 11.6 Å². The predicted molar refractivity (Wildman–Crippen MR) is 53.9 cm³/mol. The fourth-order valence-electron chi connectivity index (χ4n) is 1.93. The average molecular weight is 226 g/mol. The highest BCUT2D eigenvalue weighted by Gasteiger charge is 2.45. The molecule has 0 radical (unpaired) electrons. The Bertz CT molecular complexity index is 435. The molecular formula is C11H9ClFNO. The number of nitrogens with zero attached hydrogens (tertiary/aromatic N) is 1. The maximum absolute atomic E-state index is 12.9. The fourth-order valence-corrected chi connectivity index (χ4v) is 2.11. The molecule has 0 bridgehead atoms. The molecule has 0 aromatic heterocycles. The van der Waals surface area contributed by atoms with Crippen molar-refractivity contribution in [1.82, 2.24) is 0 Å². The molecule has 1 saturated carbocycles. The molecule has 0 amide bonds.